The van der Waals surface area contributed by atoms with Gasteiger partial charge in [0, 0.05) is 19.7 Å². The molecule has 1 atom stereocenters. The first-order valence-electron chi connectivity index (χ1n) is 8.93. The van der Waals surface area contributed by atoms with Crippen LogP contribution < -0.4 is 14.8 Å². The molecular weight excluding hydrogens is 314 g/mol. The maximum Gasteiger partial charge on any atom is 0.161 e. The Labute approximate surface area is 150 Å². The number of nitrogens with one attached hydrogen (secondary N) is 1. The lowest BCUT2D eigenvalue weighted by atomic mass is 10.1. The molecule has 1 saturated heterocycles. The van der Waals surface area contributed by atoms with E-state index in [-0.39, 0.29) is 6.10 Å². The lowest BCUT2D eigenvalue weighted by molar-refractivity contribution is 0.0669. The van der Waals surface area contributed by atoms with Crippen molar-refractivity contribution in [3.05, 3.63) is 59.2 Å². The Bertz CT molecular complexity index is 681. The number of benzene rings is 2. The molecule has 4 heteroatoms. The summed E-state index contributed by atoms with van der Waals surface area (Å²) in [5.41, 5.74) is 3.81. The van der Waals surface area contributed by atoms with Crippen LogP contribution in [0, 0.1) is 6.92 Å². The van der Waals surface area contributed by atoms with Crippen molar-refractivity contribution in [2.75, 3.05) is 20.3 Å². The number of ether oxygens (including phenoxy) is 3. The quantitative estimate of drug-likeness (QED) is 0.792. The predicted octanol–water partition coefficient (Wildman–Crippen LogP) is 3.85. The van der Waals surface area contributed by atoms with Crippen LogP contribution in [0.25, 0.3) is 0 Å². The van der Waals surface area contributed by atoms with Crippen molar-refractivity contribution in [3.63, 3.8) is 0 Å². The summed E-state index contributed by atoms with van der Waals surface area (Å²) in [4.78, 5) is 0. The van der Waals surface area contributed by atoms with Gasteiger partial charge in [0.2, 0.25) is 0 Å². The van der Waals surface area contributed by atoms with Crippen molar-refractivity contribution in [1.29, 1.82) is 0 Å². The molecule has 1 N–H and O–H groups in total. The minimum absolute atomic E-state index is 0.208. The van der Waals surface area contributed by atoms with E-state index in [4.69, 9.17) is 14.2 Å². The Hall–Kier alpha value is -2.04. The first kappa shape index (κ1) is 17.8. The Morgan fingerprint density at radius 3 is 2.76 bits per heavy atom. The fraction of sp³-hybridized carbons (Fsp3) is 0.429. The molecule has 2 aromatic carbocycles. The second kappa shape index (κ2) is 8.88. The summed E-state index contributed by atoms with van der Waals surface area (Å²) >= 11 is 0. The van der Waals surface area contributed by atoms with Gasteiger partial charge in [-0.3, -0.25) is 0 Å². The molecule has 0 aliphatic carbocycles. The molecular formula is C21H27NO3. The van der Waals surface area contributed by atoms with Gasteiger partial charge in [-0.1, -0.05) is 30.3 Å². The summed E-state index contributed by atoms with van der Waals surface area (Å²) in [5, 5.41) is 3.49. The average Bonchev–Trinajstić information content (AvgIpc) is 3.15. The van der Waals surface area contributed by atoms with Gasteiger partial charge in [-0.2, -0.15) is 0 Å². The number of methoxy groups -OCH3 is 1. The molecule has 1 aliphatic rings. The number of aryl methyl sites for hydroxylation is 1. The molecule has 0 amide bonds. The third-order valence-electron chi connectivity index (χ3n) is 4.58. The van der Waals surface area contributed by atoms with Gasteiger partial charge in [-0.05, 0) is 48.6 Å². The van der Waals surface area contributed by atoms with Crippen molar-refractivity contribution in [2.45, 2.75) is 39.0 Å². The molecule has 2 aromatic rings. The average molecular weight is 341 g/mol. The van der Waals surface area contributed by atoms with E-state index in [1.165, 1.54) is 16.7 Å². The first-order chi connectivity index (χ1) is 12.3. The molecule has 0 radical (unpaired) electrons. The van der Waals surface area contributed by atoms with Crippen LogP contribution in [0.5, 0.6) is 11.5 Å². The summed E-state index contributed by atoms with van der Waals surface area (Å²) in [5.74, 6) is 1.55. The van der Waals surface area contributed by atoms with Gasteiger partial charge in [0.1, 0.15) is 6.61 Å². The molecule has 25 heavy (non-hydrogen) atoms. The zero-order valence-corrected chi connectivity index (χ0v) is 15.1. The van der Waals surface area contributed by atoms with Crippen LogP contribution in [0.3, 0.4) is 0 Å². The van der Waals surface area contributed by atoms with Crippen LogP contribution in [0.4, 0.5) is 0 Å². The Kier molecular flexibility index (Phi) is 6.31. The van der Waals surface area contributed by atoms with E-state index in [0.717, 1.165) is 44.0 Å². The van der Waals surface area contributed by atoms with E-state index in [9.17, 15) is 0 Å². The lowest BCUT2D eigenvalue weighted by Gasteiger charge is -2.15. The molecule has 0 saturated carbocycles. The normalized spacial score (nSPS) is 16.8. The van der Waals surface area contributed by atoms with Crippen molar-refractivity contribution in [2.24, 2.45) is 0 Å². The maximum absolute atomic E-state index is 5.89. The van der Waals surface area contributed by atoms with Gasteiger partial charge in [-0.15, -0.1) is 0 Å². The lowest BCUT2D eigenvalue weighted by Crippen LogP contribution is -2.17. The molecule has 134 valence electrons. The van der Waals surface area contributed by atoms with E-state index in [1.54, 1.807) is 7.11 Å². The van der Waals surface area contributed by atoms with E-state index in [2.05, 4.69) is 42.6 Å². The maximum atomic E-state index is 5.89. The zero-order valence-electron chi connectivity index (χ0n) is 15.1. The highest BCUT2D eigenvalue weighted by molar-refractivity contribution is 5.43. The minimum Gasteiger partial charge on any atom is -0.493 e. The number of hydrogen-bond donors (Lipinski definition) is 1. The van der Waals surface area contributed by atoms with Gasteiger partial charge in [0.05, 0.1) is 13.2 Å². The highest BCUT2D eigenvalue weighted by Gasteiger charge is 2.17. The second-order valence-electron chi connectivity index (χ2n) is 6.46. The second-order valence-corrected chi connectivity index (χ2v) is 6.46. The third-order valence-corrected chi connectivity index (χ3v) is 4.58. The van der Waals surface area contributed by atoms with Crippen molar-refractivity contribution >= 4 is 0 Å². The van der Waals surface area contributed by atoms with E-state index in [0.29, 0.717) is 6.61 Å². The molecule has 1 heterocycles. The standard InChI is InChI=1S/C21H27NO3/c1-16-6-3-4-7-18(16)14-22-13-17-9-10-20(21(12-17)23-2)25-15-19-8-5-11-24-19/h3-4,6-7,9-10,12,19,22H,5,8,11,13-15H2,1-2H3. The fourth-order valence-electron chi connectivity index (χ4n) is 3.05. The molecule has 0 spiro atoms. The molecule has 1 aliphatic heterocycles. The molecule has 0 aromatic heterocycles. The van der Waals surface area contributed by atoms with Gasteiger partial charge >= 0.3 is 0 Å². The van der Waals surface area contributed by atoms with Crippen LogP contribution in [-0.4, -0.2) is 26.4 Å². The van der Waals surface area contributed by atoms with E-state index in [1.807, 2.05) is 12.1 Å². The van der Waals surface area contributed by atoms with Gasteiger partial charge in [0.25, 0.3) is 0 Å². The topological polar surface area (TPSA) is 39.7 Å². The molecule has 1 unspecified atom stereocenters. The predicted molar refractivity (Wildman–Crippen MR) is 99.2 cm³/mol. The van der Waals surface area contributed by atoms with Gasteiger partial charge in [-0.25, -0.2) is 0 Å². The SMILES string of the molecule is COc1cc(CNCc2ccccc2C)ccc1OCC1CCCO1. The van der Waals surface area contributed by atoms with Crippen LogP contribution in [0.15, 0.2) is 42.5 Å². The number of hydrogen-bond acceptors (Lipinski definition) is 4. The fourth-order valence-corrected chi connectivity index (χ4v) is 3.05. The summed E-state index contributed by atoms with van der Waals surface area (Å²) in [6, 6.07) is 14.5. The van der Waals surface area contributed by atoms with Gasteiger partial charge < -0.3 is 19.5 Å². The summed E-state index contributed by atoms with van der Waals surface area (Å²) < 4.78 is 17.0. The molecule has 3 rings (SSSR count). The summed E-state index contributed by atoms with van der Waals surface area (Å²) in [6.45, 7) is 5.21. The third kappa shape index (κ3) is 4.97. The minimum atomic E-state index is 0.208. The molecule has 0 bridgehead atoms. The van der Waals surface area contributed by atoms with E-state index < -0.39 is 0 Å². The summed E-state index contributed by atoms with van der Waals surface area (Å²) in [6.07, 6.45) is 2.40. The van der Waals surface area contributed by atoms with Crippen LogP contribution in [0.2, 0.25) is 0 Å². The van der Waals surface area contributed by atoms with Crippen LogP contribution >= 0.6 is 0 Å². The smallest absolute Gasteiger partial charge is 0.161 e. The monoisotopic (exact) mass is 341 g/mol. The van der Waals surface area contributed by atoms with Crippen molar-refractivity contribution in [3.8, 4) is 11.5 Å². The Morgan fingerprint density at radius 1 is 1.12 bits per heavy atom. The first-order valence-corrected chi connectivity index (χ1v) is 8.93. The van der Waals surface area contributed by atoms with Gasteiger partial charge in [0.15, 0.2) is 11.5 Å². The number of rotatable bonds is 8. The summed E-state index contributed by atoms with van der Waals surface area (Å²) in [7, 11) is 1.68. The molecule has 1 fully saturated rings. The largest absolute Gasteiger partial charge is 0.493 e. The Morgan fingerprint density at radius 2 is 2.00 bits per heavy atom. The van der Waals surface area contributed by atoms with Crippen LogP contribution in [0.1, 0.15) is 29.5 Å². The van der Waals surface area contributed by atoms with E-state index >= 15 is 0 Å². The zero-order chi connectivity index (χ0) is 17.5. The van der Waals surface area contributed by atoms with Crippen molar-refractivity contribution < 1.29 is 14.2 Å². The molecule has 4 nitrogen and oxygen atoms in total. The highest BCUT2D eigenvalue weighted by Crippen LogP contribution is 2.29. The highest BCUT2D eigenvalue weighted by atomic mass is 16.5. The Balaban J connectivity index is 1.54. The van der Waals surface area contributed by atoms with Crippen LogP contribution in [-0.2, 0) is 17.8 Å². The van der Waals surface area contributed by atoms with Crippen molar-refractivity contribution in [1.82, 2.24) is 5.32 Å².